The minimum atomic E-state index is -1.06. The van der Waals surface area contributed by atoms with Crippen molar-refractivity contribution in [2.45, 2.75) is 37.7 Å². The molecule has 2 aliphatic heterocycles. The summed E-state index contributed by atoms with van der Waals surface area (Å²) in [6.07, 6.45) is -1.87. The van der Waals surface area contributed by atoms with Gasteiger partial charge in [-0.2, -0.15) is 4.98 Å². The van der Waals surface area contributed by atoms with Gasteiger partial charge in [-0.1, -0.05) is 12.1 Å². The minimum Gasteiger partial charge on any atom is -0.423 e. The molecule has 1 unspecified atom stereocenters. The largest absolute Gasteiger partial charge is 0.423 e. The van der Waals surface area contributed by atoms with E-state index >= 15 is 0 Å². The van der Waals surface area contributed by atoms with Crippen LogP contribution in [0.15, 0.2) is 28.7 Å². The first-order valence-corrected chi connectivity index (χ1v) is 8.91. The van der Waals surface area contributed by atoms with E-state index in [4.69, 9.17) is 4.42 Å². The van der Waals surface area contributed by atoms with Gasteiger partial charge in [-0.3, -0.25) is 4.90 Å². The third-order valence-corrected chi connectivity index (χ3v) is 5.57. The zero-order valence-electron chi connectivity index (χ0n) is 14.3. The zero-order chi connectivity index (χ0) is 17.6. The first kappa shape index (κ1) is 16.8. The lowest BCUT2D eigenvalue weighted by Crippen LogP contribution is -2.60. The summed E-state index contributed by atoms with van der Waals surface area (Å²) in [7, 11) is 0. The molecule has 2 aliphatic rings. The number of para-hydroxylation sites is 2. The molecule has 4 rings (SSSR count). The van der Waals surface area contributed by atoms with E-state index in [0.29, 0.717) is 18.5 Å². The quantitative estimate of drug-likeness (QED) is 0.742. The SMILES string of the molecule is C[C@@H]1[C@@H](O)[C@H](O)[C@@H](O)CN1CC1CCN(c2nc3ccccc3o2)C1. The Kier molecular flexibility index (Phi) is 4.41. The molecule has 25 heavy (non-hydrogen) atoms. The van der Waals surface area contributed by atoms with Crippen molar-refractivity contribution in [3.05, 3.63) is 24.3 Å². The number of anilines is 1. The van der Waals surface area contributed by atoms with Crippen LogP contribution in [0.5, 0.6) is 0 Å². The number of hydrogen-bond donors (Lipinski definition) is 3. The van der Waals surface area contributed by atoms with Crippen molar-refractivity contribution in [3.63, 3.8) is 0 Å². The fraction of sp³-hybridized carbons (Fsp3) is 0.611. The Labute approximate surface area is 146 Å². The van der Waals surface area contributed by atoms with Gasteiger partial charge in [0.1, 0.15) is 11.6 Å². The van der Waals surface area contributed by atoms with E-state index in [1.807, 2.05) is 31.2 Å². The Morgan fingerprint density at radius 1 is 1.16 bits per heavy atom. The molecule has 7 heteroatoms. The second-order valence-electron chi connectivity index (χ2n) is 7.31. The molecule has 3 heterocycles. The van der Waals surface area contributed by atoms with Crippen molar-refractivity contribution in [2.24, 2.45) is 5.92 Å². The zero-order valence-corrected chi connectivity index (χ0v) is 14.3. The Hall–Kier alpha value is -1.67. The van der Waals surface area contributed by atoms with Gasteiger partial charge in [0.2, 0.25) is 0 Å². The maximum Gasteiger partial charge on any atom is 0.298 e. The van der Waals surface area contributed by atoms with Crippen LogP contribution in [0, 0.1) is 5.92 Å². The van der Waals surface area contributed by atoms with Gasteiger partial charge < -0.3 is 24.6 Å². The highest BCUT2D eigenvalue weighted by molar-refractivity contribution is 5.74. The van der Waals surface area contributed by atoms with Gasteiger partial charge in [-0.25, -0.2) is 0 Å². The molecule has 0 bridgehead atoms. The van der Waals surface area contributed by atoms with Gasteiger partial charge in [0, 0.05) is 32.2 Å². The molecule has 0 radical (unpaired) electrons. The number of aliphatic hydroxyl groups excluding tert-OH is 3. The first-order chi connectivity index (χ1) is 12.0. The van der Waals surface area contributed by atoms with Crippen molar-refractivity contribution in [3.8, 4) is 0 Å². The van der Waals surface area contributed by atoms with E-state index in [2.05, 4.69) is 14.8 Å². The third kappa shape index (κ3) is 3.13. The molecule has 2 saturated heterocycles. The van der Waals surface area contributed by atoms with Gasteiger partial charge in [-0.15, -0.1) is 0 Å². The second kappa shape index (κ2) is 6.57. The molecule has 2 fully saturated rings. The molecule has 3 N–H and O–H groups in total. The molecule has 7 nitrogen and oxygen atoms in total. The average molecular weight is 347 g/mol. The van der Waals surface area contributed by atoms with Gasteiger partial charge in [-0.05, 0) is 31.4 Å². The van der Waals surface area contributed by atoms with Crippen molar-refractivity contribution >= 4 is 17.1 Å². The Morgan fingerprint density at radius 2 is 1.96 bits per heavy atom. The maximum atomic E-state index is 10.1. The lowest BCUT2D eigenvalue weighted by molar-refractivity contribution is -0.134. The molecule has 1 aromatic carbocycles. The number of oxazole rings is 1. The highest BCUT2D eigenvalue weighted by Crippen LogP contribution is 2.28. The van der Waals surface area contributed by atoms with Crippen molar-refractivity contribution in [1.82, 2.24) is 9.88 Å². The molecule has 0 spiro atoms. The summed E-state index contributed by atoms with van der Waals surface area (Å²) < 4.78 is 5.85. The summed E-state index contributed by atoms with van der Waals surface area (Å²) in [6.45, 7) is 4.78. The lowest BCUT2D eigenvalue weighted by atomic mass is 9.93. The number of likely N-dealkylation sites (tertiary alicyclic amines) is 1. The molecule has 136 valence electrons. The smallest absolute Gasteiger partial charge is 0.298 e. The fourth-order valence-electron chi connectivity index (χ4n) is 3.97. The van der Waals surface area contributed by atoms with Crippen LogP contribution < -0.4 is 4.90 Å². The summed E-state index contributed by atoms with van der Waals surface area (Å²) in [5.74, 6) is 0.409. The predicted molar refractivity (Wildman–Crippen MR) is 93.4 cm³/mol. The summed E-state index contributed by atoms with van der Waals surface area (Å²) in [4.78, 5) is 8.78. The molecule has 2 aromatic rings. The van der Waals surface area contributed by atoms with Crippen LogP contribution in [0.2, 0.25) is 0 Å². The van der Waals surface area contributed by atoms with Crippen LogP contribution in [0.4, 0.5) is 6.01 Å². The van der Waals surface area contributed by atoms with Crippen molar-refractivity contribution in [1.29, 1.82) is 0 Å². The number of aliphatic hydroxyl groups is 3. The van der Waals surface area contributed by atoms with Crippen LogP contribution in [-0.2, 0) is 0 Å². The summed E-state index contributed by atoms with van der Waals surface area (Å²) in [6, 6.07) is 8.24. The number of benzene rings is 1. The van der Waals surface area contributed by atoms with E-state index in [9.17, 15) is 15.3 Å². The van der Waals surface area contributed by atoms with Crippen LogP contribution in [-0.4, -0.2) is 75.7 Å². The fourth-order valence-corrected chi connectivity index (χ4v) is 3.97. The molecule has 0 amide bonds. The lowest BCUT2D eigenvalue weighted by Gasteiger charge is -2.43. The van der Waals surface area contributed by atoms with Gasteiger partial charge in [0.15, 0.2) is 5.58 Å². The molecule has 0 saturated carbocycles. The summed E-state index contributed by atoms with van der Waals surface area (Å²) in [5, 5.41) is 29.8. The molecule has 0 aliphatic carbocycles. The Morgan fingerprint density at radius 3 is 2.76 bits per heavy atom. The van der Waals surface area contributed by atoms with E-state index < -0.39 is 18.3 Å². The van der Waals surface area contributed by atoms with Crippen LogP contribution >= 0.6 is 0 Å². The number of nitrogens with zero attached hydrogens (tertiary/aromatic N) is 3. The first-order valence-electron chi connectivity index (χ1n) is 8.91. The maximum absolute atomic E-state index is 10.1. The highest BCUT2D eigenvalue weighted by atomic mass is 16.4. The molecule has 1 aromatic heterocycles. The van der Waals surface area contributed by atoms with Gasteiger partial charge in [0.05, 0.1) is 12.2 Å². The van der Waals surface area contributed by atoms with E-state index in [1.54, 1.807) is 0 Å². The normalized spacial score (nSPS) is 34.1. The number of aromatic nitrogens is 1. The number of rotatable bonds is 3. The number of hydrogen-bond acceptors (Lipinski definition) is 7. The predicted octanol–water partition coefficient (Wildman–Crippen LogP) is 0.441. The van der Waals surface area contributed by atoms with Crippen LogP contribution in [0.3, 0.4) is 0 Å². The third-order valence-electron chi connectivity index (χ3n) is 5.57. The average Bonchev–Trinajstić information content (AvgIpc) is 3.24. The number of piperidine rings is 1. The second-order valence-corrected chi connectivity index (χ2v) is 7.31. The van der Waals surface area contributed by atoms with Gasteiger partial charge in [0.25, 0.3) is 6.01 Å². The van der Waals surface area contributed by atoms with Gasteiger partial charge >= 0.3 is 0 Å². The Bertz CT molecular complexity index is 703. The van der Waals surface area contributed by atoms with Crippen molar-refractivity contribution in [2.75, 3.05) is 31.1 Å². The van der Waals surface area contributed by atoms with Crippen LogP contribution in [0.1, 0.15) is 13.3 Å². The number of β-amino-alcohol motifs (C(OH)–C–C–N with tert-alkyl or cyclic N) is 1. The van der Waals surface area contributed by atoms with E-state index in [1.165, 1.54) is 0 Å². The topological polar surface area (TPSA) is 93.2 Å². The highest BCUT2D eigenvalue weighted by Gasteiger charge is 2.40. The number of fused-ring (bicyclic) bond motifs is 1. The van der Waals surface area contributed by atoms with E-state index in [-0.39, 0.29) is 6.04 Å². The molecular formula is C18H25N3O4. The minimum absolute atomic E-state index is 0.170. The Balaban J connectivity index is 1.40. The molecule has 5 atom stereocenters. The standard InChI is InChI=1S/C18H25N3O4/c1-11-16(23)17(24)14(22)10-21(11)9-12-6-7-20(8-12)18-19-13-4-2-3-5-15(13)25-18/h2-5,11-12,14,16-17,22-24H,6-10H2,1H3/t11-,12?,14+,16-,17-/m1/s1. The summed E-state index contributed by atoms with van der Waals surface area (Å²) in [5.41, 5.74) is 1.66. The van der Waals surface area contributed by atoms with Crippen molar-refractivity contribution < 1.29 is 19.7 Å². The monoisotopic (exact) mass is 347 g/mol. The van der Waals surface area contributed by atoms with E-state index in [0.717, 1.165) is 37.2 Å². The van der Waals surface area contributed by atoms with Crippen LogP contribution in [0.25, 0.3) is 11.1 Å². The summed E-state index contributed by atoms with van der Waals surface area (Å²) >= 11 is 0. The molecular weight excluding hydrogens is 322 g/mol.